The minimum atomic E-state index is -1.11. The van der Waals surface area contributed by atoms with Crippen LogP contribution >= 0.6 is 0 Å². The van der Waals surface area contributed by atoms with Crippen LogP contribution in [0.4, 0.5) is 5.69 Å². The summed E-state index contributed by atoms with van der Waals surface area (Å²) in [7, 11) is 0. The number of esters is 1. The zero-order valence-electron chi connectivity index (χ0n) is 16.0. The maximum Gasteiger partial charge on any atom is 0.344 e. The molecule has 146 valence electrons. The van der Waals surface area contributed by atoms with Gasteiger partial charge in [-0.15, -0.1) is 0 Å². The summed E-state index contributed by atoms with van der Waals surface area (Å²) in [5, 5.41) is 21.6. The number of nitriles is 1. The first-order chi connectivity index (χ1) is 13.3. The first-order valence-corrected chi connectivity index (χ1v) is 8.74. The van der Waals surface area contributed by atoms with Crippen molar-refractivity contribution < 1.29 is 24.2 Å². The highest BCUT2D eigenvalue weighted by molar-refractivity contribution is 5.81. The molecule has 0 fully saturated rings. The Morgan fingerprint density at radius 2 is 1.82 bits per heavy atom. The van der Waals surface area contributed by atoms with Crippen molar-refractivity contribution in [1.29, 1.82) is 5.26 Å². The molecule has 2 rings (SSSR count). The number of nitrogens with one attached hydrogen (secondary N) is 1. The fraction of sp³-hybridized carbons (Fsp3) is 0.286. The molecule has 2 N–H and O–H groups in total. The molecular formula is C21H22N2O5. The summed E-state index contributed by atoms with van der Waals surface area (Å²) in [5.41, 5.74) is 3.21. The Hall–Kier alpha value is -3.53. The van der Waals surface area contributed by atoms with E-state index in [1.54, 1.807) is 43.3 Å². The van der Waals surface area contributed by atoms with Gasteiger partial charge in [0.25, 0.3) is 0 Å². The second-order valence-electron chi connectivity index (χ2n) is 6.17. The van der Waals surface area contributed by atoms with E-state index in [4.69, 9.17) is 14.7 Å². The molecule has 1 unspecified atom stereocenters. The fourth-order valence-corrected chi connectivity index (χ4v) is 2.58. The molecule has 2 aromatic carbocycles. The molecule has 0 saturated carbocycles. The van der Waals surface area contributed by atoms with E-state index in [0.29, 0.717) is 22.6 Å². The number of nitrogens with zero attached hydrogens (tertiary/aromatic N) is 1. The maximum atomic E-state index is 12.0. The molecule has 0 heterocycles. The van der Waals surface area contributed by atoms with Gasteiger partial charge < -0.3 is 19.9 Å². The Kier molecular flexibility index (Phi) is 6.99. The molecule has 1 atom stereocenters. The van der Waals surface area contributed by atoms with Gasteiger partial charge in [0.15, 0.2) is 12.6 Å². The number of carboxylic acid groups (broad SMARTS) is 1. The van der Waals surface area contributed by atoms with Crippen LogP contribution in [0, 0.1) is 25.2 Å². The lowest BCUT2D eigenvalue weighted by Crippen LogP contribution is -2.23. The molecule has 2 aromatic rings. The van der Waals surface area contributed by atoms with Crippen molar-refractivity contribution in [1.82, 2.24) is 0 Å². The predicted octanol–water partition coefficient (Wildman–Crippen LogP) is 3.35. The highest BCUT2D eigenvalue weighted by Gasteiger charge is 2.25. The molecule has 0 saturated heterocycles. The second-order valence-corrected chi connectivity index (χ2v) is 6.17. The number of aryl methyl sites for hydroxylation is 2. The third kappa shape index (κ3) is 5.24. The lowest BCUT2D eigenvalue weighted by atomic mass is 9.99. The smallest absolute Gasteiger partial charge is 0.344 e. The van der Waals surface area contributed by atoms with Gasteiger partial charge in [-0.05, 0) is 68.3 Å². The molecule has 0 spiro atoms. The summed E-state index contributed by atoms with van der Waals surface area (Å²) in [5.74, 6) is -1.34. The fourth-order valence-electron chi connectivity index (χ4n) is 2.58. The first kappa shape index (κ1) is 20.8. The molecule has 28 heavy (non-hydrogen) atoms. The Bertz CT molecular complexity index is 900. The summed E-state index contributed by atoms with van der Waals surface area (Å²) in [6, 6.07) is 10.8. The third-order valence-electron chi connectivity index (χ3n) is 4.16. The summed E-state index contributed by atoms with van der Waals surface area (Å²) in [6.45, 7) is 5.36. The molecule has 0 amide bonds. The van der Waals surface area contributed by atoms with E-state index in [-0.39, 0.29) is 13.2 Å². The average molecular weight is 382 g/mol. The van der Waals surface area contributed by atoms with Gasteiger partial charge in [0.1, 0.15) is 5.75 Å². The summed E-state index contributed by atoms with van der Waals surface area (Å²) < 4.78 is 10.4. The number of ether oxygens (including phenoxy) is 2. The molecule has 0 radical (unpaired) electrons. The lowest BCUT2D eigenvalue weighted by molar-refractivity contribution is -0.145. The largest absolute Gasteiger partial charge is 0.482 e. The number of carboxylic acids is 1. The van der Waals surface area contributed by atoms with Crippen LogP contribution in [0.3, 0.4) is 0 Å². The monoisotopic (exact) mass is 382 g/mol. The van der Waals surface area contributed by atoms with Crippen LogP contribution in [0.5, 0.6) is 5.75 Å². The number of rotatable bonds is 8. The van der Waals surface area contributed by atoms with Gasteiger partial charge in [0.05, 0.1) is 18.2 Å². The highest BCUT2D eigenvalue weighted by Crippen LogP contribution is 2.31. The summed E-state index contributed by atoms with van der Waals surface area (Å²) in [6.07, 6.45) is 0. The number of benzene rings is 2. The van der Waals surface area contributed by atoms with Crippen molar-refractivity contribution in [2.45, 2.75) is 26.8 Å². The molecule has 0 aliphatic rings. The van der Waals surface area contributed by atoms with E-state index >= 15 is 0 Å². The molecule has 0 aliphatic heterocycles. The van der Waals surface area contributed by atoms with Crippen molar-refractivity contribution in [3.05, 3.63) is 58.7 Å². The Balaban J connectivity index is 2.35. The Morgan fingerprint density at radius 3 is 2.39 bits per heavy atom. The molecule has 0 bridgehead atoms. The normalized spacial score (nSPS) is 11.2. The van der Waals surface area contributed by atoms with E-state index < -0.39 is 18.0 Å². The Labute approximate surface area is 163 Å². The molecular weight excluding hydrogens is 360 g/mol. The lowest BCUT2D eigenvalue weighted by Gasteiger charge is -2.21. The minimum Gasteiger partial charge on any atom is -0.482 e. The van der Waals surface area contributed by atoms with Crippen LogP contribution in [-0.4, -0.2) is 30.3 Å². The standard InChI is InChI=1S/C21H22N2O5/c1-4-27-19(24)12-28-18-10-14(3)13(2)9-17(18)20(21(25)26)23-16-7-5-15(11-22)6-8-16/h5-10,20,23H,4,12H2,1-3H3,(H,25,26). The highest BCUT2D eigenvalue weighted by atomic mass is 16.6. The quantitative estimate of drug-likeness (QED) is 0.674. The van der Waals surface area contributed by atoms with E-state index in [9.17, 15) is 14.7 Å². The van der Waals surface area contributed by atoms with E-state index in [1.807, 2.05) is 19.9 Å². The number of aliphatic carboxylic acids is 1. The van der Waals surface area contributed by atoms with Crippen LogP contribution in [-0.2, 0) is 14.3 Å². The number of hydrogen-bond donors (Lipinski definition) is 2. The molecule has 0 aromatic heterocycles. The third-order valence-corrected chi connectivity index (χ3v) is 4.16. The summed E-state index contributed by atoms with van der Waals surface area (Å²) >= 11 is 0. The first-order valence-electron chi connectivity index (χ1n) is 8.74. The van der Waals surface area contributed by atoms with Gasteiger partial charge in [0.2, 0.25) is 0 Å². The molecule has 7 heteroatoms. The van der Waals surface area contributed by atoms with Gasteiger partial charge in [-0.1, -0.05) is 0 Å². The van der Waals surface area contributed by atoms with Crippen LogP contribution in [0.25, 0.3) is 0 Å². The topological polar surface area (TPSA) is 109 Å². The van der Waals surface area contributed by atoms with Gasteiger partial charge in [-0.3, -0.25) is 0 Å². The van der Waals surface area contributed by atoms with Crippen molar-refractivity contribution in [3.8, 4) is 11.8 Å². The second kappa shape index (κ2) is 9.42. The van der Waals surface area contributed by atoms with Gasteiger partial charge >= 0.3 is 11.9 Å². The zero-order chi connectivity index (χ0) is 20.7. The Morgan fingerprint density at radius 1 is 1.18 bits per heavy atom. The minimum absolute atomic E-state index is 0.236. The average Bonchev–Trinajstić information content (AvgIpc) is 2.67. The maximum absolute atomic E-state index is 12.0. The van der Waals surface area contributed by atoms with Crippen molar-refractivity contribution in [2.75, 3.05) is 18.5 Å². The molecule has 7 nitrogen and oxygen atoms in total. The number of carbonyl (C=O) groups is 2. The van der Waals surface area contributed by atoms with E-state index in [0.717, 1.165) is 11.1 Å². The zero-order valence-corrected chi connectivity index (χ0v) is 16.0. The number of carbonyl (C=O) groups excluding carboxylic acids is 1. The van der Waals surface area contributed by atoms with E-state index in [1.165, 1.54) is 0 Å². The van der Waals surface area contributed by atoms with Crippen LogP contribution in [0.15, 0.2) is 36.4 Å². The van der Waals surface area contributed by atoms with Crippen LogP contribution in [0.2, 0.25) is 0 Å². The van der Waals surface area contributed by atoms with Crippen molar-refractivity contribution in [2.24, 2.45) is 0 Å². The van der Waals surface area contributed by atoms with Crippen LogP contribution < -0.4 is 10.1 Å². The molecule has 0 aliphatic carbocycles. The van der Waals surface area contributed by atoms with Crippen molar-refractivity contribution >= 4 is 17.6 Å². The summed E-state index contributed by atoms with van der Waals surface area (Å²) in [4.78, 5) is 23.6. The van der Waals surface area contributed by atoms with Crippen molar-refractivity contribution in [3.63, 3.8) is 0 Å². The number of anilines is 1. The van der Waals surface area contributed by atoms with E-state index in [2.05, 4.69) is 5.32 Å². The SMILES string of the molecule is CCOC(=O)COc1cc(C)c(C)cc1C(Nc1ccc(C#N)cc1)C(=O)O. The van der Waals surface area contributed by atoms with Gasteiger partial charge in [-0.2, -0.15) is 5.26 Å². The predicted molar refractivity (Wildman–Crippen MR) is 103 cm³/mol. The van der Waals surface area contributed by atoms with Gasteiger partial charge in [0, 0.05) is 11.3 Å². The number of hydrogen-bond acceptors (Lipinski definition) is 6. The van der Waals surface area contributed by atoms with Gasteiger partial charge in [-0.25, -0.2) is 9.59 Å². The van der Waals surface area contributed by atoms with Crippen LogP contribution in [0.1, 0.15) is 35.2 Å².